The minimum absolute atomic E-state index is 0.197. The summed E-state index contributed by atoms with van der Waals surface area (Å²) in [5, 5.41) is 7.02. The number of aromatic nitrogens is 3. The molecule has 0 bridgehead atoms. The van der Waals surface area contributed by atoms with E-state index in [4.69, 9.17) is 0 Å². The highest BCUT2D eigenvalue weighted by atomic mass is 32.1. The first-order valence-electron chi connectivity index (χ1n) is 6.25. The number of thiazole rings is 1. The molecule has 1 amide bonds. The van der Waals surface area contributed by atoms with Crippen molar-refractivity contribution in [3.63, 3.8) is 0 Å². The number of hydrogen-bond donors (Lipinski definition) is 1. The monoisotopic (exact) mass is 286 g/mol. The summed E-state index contributed by atoms with van der Waals surface area (Å²) in [6.45, 7) is 6.00. The summed E-state index contributed by atoms with van der Waals surface area (Å²) in [6, 6.07) is 7.39. The Labute approximate surface area is 120 Å². The van der Waals surface area contributed by atoms with Crippen molar-refractivity contribution in [3.05, 3.63) is 46.0 Å². The van der Waals surface area contributed by atoms with Gasteiger partial charge in [0, 0.05) is 10.4 Å². The molecule has 5 nitrogen and oxygen atoms in total. The van der Waals surface area contributed by atoms with Gasteiger partial charge in [0.05, 0.1) is 5.69 Å². The van der Waals surface area contributed by atoms with Crippen molar-refractivity contribution >= 4 is 28.2 Å². The van der Waals surface area contributed by atoms with E-state index < -0.39 is 0 Å². The molecule has 1 N–H and O–H groups in total. The van der Waals surface area contributed by atoms with Crippen molar-refractivity contribution in [1.29, 1.82) is 0 Å². The first kappa shape index (κ1) is 12.8. The summed E-state index contributed by atoms with van der Waals surface area (Å²) in [7, 11) is 0. The fraction of sp³-hybridized carbons (Fsp3) is 0.214. The third-order valence-corrected chi connectivity index (χ3v) is 4.24. The summed E-state index contributed by atoms with van der Waals surface area (Å²) in [5.74, 6) is 0.141. The van der Waals surface area contributed by atoms with Crippen molar-refractivity contribution in [2.24, 2.45) is 0 Å². The van der Waals surface area contributed by atoms with Crippen molar-refractivity contribution in [3.8, 4) is 0 Å². The van der Waals surface area contributed by atoms with Crippen LogP contribution in [0.1, 0.15) is 26.5 Å². The molecule has 0 atom stereocenters. The lowest BCUT2D eigenvalue weighted by Gasteiger charge is -2.01. The van der Waals surface area contributed by atoms with Gasteiger partial charge in [0.1, 0.15) is 0 Å². The van der Waals surface area contributed by atoms with Crippen LogP contribution in [0.3, 0.4) is 0 Å². The number of hydrogen-bond acceptors (Lipinski definition) is 4. The molecule has 0 aliphatic rings. The molecule has 1 aromatic carbocycles. The zero-order chi connectivity index (χ0) is 14.3. The van der Waals surface area contributed by atoms with Gasteiger partial charge in [0.2, 0.25) is 4.96 Å². The summed E-state index contributed by atoms with van der Waals surface area (Å²) in [6.07, 6.45) is 0. The quantitative estimate of drug-likeness (QED) is 0.788. The van der Waals surface area contributed by atoms with Crippen molar-refractivity contribution in [2.45, 2.75) is 20.8 Å². The molecule has 0 unspecified atom stereocenters. The Balaban J connectivity index is 1.85. The highest BCUT2D eigenvalue weighted by molar-refractivity contribution is 7.17. The number of carbonyl (C=O) groups is 1. The molecule has 0 saturated carbocycles. The fourth-order valence-electron chi connectivity index (χ4n) is 1.87. The summed E-state index contributed by atoms with van der Waals surface area (Å²) in [5.41, 5.74) is 2.77. The van der Waals surface area contributed by atoms with Crippen LogP contribution < -0.4 is 5.32 Å². The van der Waals surface area contributed by atoms with Gasteiger partial charge in [0.15, 0.2) is 0 Å². The van der Waals surface area contributed by atoms with Crippen molar-refractivity contribution in [1.82, 2.24) is 14.6 Å². The van der Waals surface area contributed by atoms with E-state index in [1.165, 1.54) is 4.88 Å². The number of carbonyl (C=O) groups excluding carboxylic acids is 1. The van der Waals surface area contributed by atoms with Gasteiger partial charge >= 0.3 is 0 Å². The summed E-state index contributed by atoms with van der Waals surface area (Å²) >= 11 is 1.56. The highest BCUT2D eigenvalue weighted by Gasteiger charge is 2.13. The number of fused-ring (bicyclic) bond motifs is 1. The zero-order valence-electron chi connectivity index (χ0n) is 11.5. The maximum atomic E-state index is 12.1. The van der Waals surface area contributed by atoms with E-state index in [0.29, 0.717) is 11.5 Å². The number of benzene rings is 1. The Morgan fingerprint density at radius 3 is 2.55 bits per heavy atom. The Morgan fingerprint density at radius 2 is 1.90 bits per heavy atom. The second kappa shape index (κ2) is 4.72. The lowest BCUT2D eigenvalue weighted by molar-refractivity contribution is 0.102. The summed E-state index contributed by atoms with van der Waals surface area (Å²) < 4.78 is 1.75. The molecule has 6 heteroatoms. The Hall–Kier alpha value is -2.21. The van der Waals surface area contributed by atoms with E-state index >= 15 is 0 Å². The second-order valence-corrected chi connectivity index (χ2v) is 5.88. The molecule has 102 valence electrons. The average Bonchev–Trinajstić information content (AvgIpc) is 2.91. The van der Waals surface area contributed by atoms with Crippen LogP contribution in [0.2, 0.25) is 0 Å². The number of nitrogens with one attached hydrogen (secondary N) is 1. The SMILES string of the molecule is Cc1ccc(C(=O)Nc2nc3sc(C)c(C)n3n2)cc1. The maximum Gasteiger partial charge on any atom is 0.258 e. The van der Waals surface area contributed by atoms with Crippen LogP contribution in [0.25, 0.3) is 4.96 Å². The zero-order valence-corrected chi connectivity index (χ0v) is 12.3. The Kier molecular flexibility index (Phi) is 3.02. The van der Waals surface area contributed by atoms with Crippen LogP contribution in [0.5, 0.6) is 0 Å². The van der Waals surface area contributed by atoms with E-state index in [0.717, 1.165) is 16.2 Å². The molecule has 0 saturated heterocycles. The van der Waals surface area contributed by atoms with E-state index in [2.05, 4.69) is 15.4 Å². The Morgan fingerprint density at radius 1 is 1.20 bits per heavy atom. The fourth-order valence-corrected chi connectivity index (χ4v) is 2.78. The molecule has 3 aromatic rings. The molecule has 0 radical (unpaired) electrons. The van der Waals surface area contributed by atoms with Gasteiger partial charge in [0.25, 0.3) is 11.9 Å². The lowest BCUT2D eigenvalue weighted by Crippen LogP contribution is -2.13. The van der Waals surface area contributed by atoms with Crippen LogP contribution in [-0.4, -0.2) is 20.5 Å². The van der Waals surface area contributed by atoms with Crippen LogP contribution in [0, 0.1) is 20.8 Å². The van der Waals surface area contributed by atoms with Crippen molar-refractivity contribution in [2.75, 3.05) is 5.32 Å². The molecular weight excluding hydrogens is 272 g/mol. The molecule has 20 heavy (non-hydrogen) atoms. The molecule has 3 rings (SSSR count). The number of nitrogens with zero attached hydrogens (tertiary/aromatic N) is 3. The van der Waals surface area contributed by atoms with Crippen molar-refractivity contribution < 1.29 is 4.79 Å². The predicted octanol–water partition coefficient (Wildman–Crippen LogP) is 2.97. The molecular formula is C14H14N4OS. The van der Waals surface area contributed by atoms with Gasteiger partial charge < -0.3 is 0 Å². The van der Waals surface area contributed by atoms with E-state index in [9.17, 15) is 4.79 Å². The maximum absolute atomic E-state index is 12.1. The highest BCUT2D eigenvalue weighted by Crippen LogP contribution is 2.21. The number of anilines is 1. The topological polar surface area (TPSA) is 59.3 Å². The number of amides is 1. The standard InChI is InChI=1S/C14H14N4OS/c1-8-4-6-11(7-5-8)12(19)15-13-16-14-18(17-13)9(2)10(3)20-14/h4-7H,1-3H3,(H,15,17,19). The largest absolute Gasteiger partial charge is 0.289 e. The smallest absolute Gasteiger partial charge is 0.258 e. The molecule has 2 heterocycles. The van der Waals surface area contributed by atoms with Crippen LogP contribution in [0.15, 0.2) is 24.3 Å². The van der Waals surface area contributed by atoms with Crippen LogP contribution in [0.4, 0.5) is 5.95 Å². The molecule has 0 aliphatic carbocycles. The van der Waals surface area contributed by atoms with Gasteiger partial charge in [-0.05, 0) is 32.9 Å². The predicted molar refractivity (Wildman–Crippen MR) is 79.5 cm³/mol. The number of rotatable bonds is 2. The lowest BCUT2D eigenvalue weighted by atomic mass is 10.1. The first-order chi connectivity index (χ1) is 9.54. The average molecular weight is 286 g/mol. The van der Waals surface area contributed by atoms with Gasteiger partial charge in [-0.1, -0.05) is 29.0 Å². The normalized spacial score (nSPS) is 10.9. The van der Waals surface area contributed by atoms with Gasteiger partial charge in [-0.3, -0.25) is 10.1 Å². The van der Waals surface area contributed by atoms with Crippen LogP contribution >= 0.6 is 11.3 Å². The van der Waals surface area contributed by atoms with Gasteiger partial charge in [-0.2, -0.15) is 4.98 Å². The molecule has 0 fully saturated rings. The van der Waals surface area contributed by atoms with Gasteiger partial charge in [-0.25, -0.2) is 4.52 Å². The third-order valence-electron chi connectivity index (χ3n) is 3.19. The summed E-state index contributed by atoms with van der Waals surface area (Å²) in [4.78, 5) is 18.4. The molecule has 0 aliphatic heterocycles. The second-order valence-electron chi connectivity index (χ2n) is 4.69. The first-order valence-corrected chi connectivity index (χ1v) is 7.07. The molecule has 0 spiro atoms. The van der Waals surface area contributed by atoms with Gasteiger partial charge in [-0.15, -0.1) is 5.10 Å². The van der Waals surface area contributed by atoms with Crippen LogP contribution in [-0.2, 0) is 0 Å². The van der Waals surface area contributed by atoms with E-state index in [1.54, 1.807) is 28.0 Å². The van der Waals surface area contributed by atoms with E-state index in [-0.39, 0.29) is 5.91 Å². The number of aryl methyl sites for hydroxylation is 3. The van der Waals surface area contributed by atoms with E-state index in [1.807, 2.05) is 32.9 Å². The minimum atomic E-state index is -0.197. The third kappa shape index (κ3) is 2.18. The molecule has 2 aromatic heterocycles. The Bertz CT molecular complexity index is 785. The minimum Gasteiger partial charge on any atom is -0.289 e.